The average molecular weight is 219 g/mol. The Morgan fingerprint density at radius 2 is 2.00 bits per heavy atom. The van der Waals surface area contributed by atoms with Gasteiger partial charge in [0, 0.05) is 12.0 Å². The summed E-state index contributed by atoms with van der Waals surface area (Å²) in [7, 11) is 0. The van der Waals surface area contributed by atoms with Crippen LogP contribution in [-0.2, 0) is 0 Å². The van der Waals surface area contributed by atoms with E-state index in [9.17, 15) is 0 Å². The van der Waals surface area contributed by atoms with Gasteiger partial charge in [0.2, 0.25) is 0 Å². The molecule has 1 fully saturated rings. The summed E-state index contributed by atoms with van der Waals surface area (Å²) < 4.78 is 11.1. The molecule has 1 saturated heterocycles. The van der Waals surface area contributed by atoms with E-state index in [1.165, 1.54) is 12.0 Å². The van der Waals surface area contributed by atoms with E-state index in [0.29, 0.717) is 25.2 Å². The van der Waals surface area contributed by atoms with Crippen LogP contribution in [0.15, 0.2) is 18.2 Å². The Morgan fingerprint density at radius 3 is 2.75 bits per heavy atom. The number of fused-ring (bicyclic) bond motifs is 1. The summed E-state index contributed by atoms with van der Waals surface area (Å²) in [5.41, 5.74) is 1.36. The number of benzene rings is 1. The molecule has 3 rings (SSSR count). The molecule has 0 spiro atoms. The smallest absolute Gasteiger partial charge is 0.161 e. The Hall–Kier alpha value is -1.22. The van der Waals surface area contributed by atoms with Crippen molar-refractivity contribution in [2.75, 3.05) is 19.8 Å². The Balaban J connectivity index is 1.90. The molecule has 1 aromatic carbocycles. The van der Waals surface area contributed by atoms with Crippen molar-refractivity contribution in [1.82, 2.24) is 5.32 Å². The lowest BCUT2D eigenvalue weighted by Crippen LogP contribution is -2.22. The van der Waals surface area contributed by atoms with E-state index in [1.807, 2.05) is 6.07 Å². The maximum Gasteiger partial charge on any atom is 0.161 e. The van der Waals surface area contributed by atoms with E-state index in [4.69, 9.17) is 9.47 Å². The average Bonchev–Trinajstić information content (AvgIpc) is 2.75. The number of hydrogen-bond acceptors (Lipinski definition) is 3. The van der Waals surface area contributed by atoms with Gasteiger partial charge in [0.25, 0.3) is 0 Å². The van der Waals surface area contributed by atoms with Crippen LogP contribution < -0.4 is 14.8 Å². The lowest BCUT2D eigenvalue weighted by Gasteiger charge is -2.21. The van der Waals surface area contributed by atoms with Gasteiger partial charge in [-0.25, -0.2) is 0 Å². The normalized spacial score (nSPS) is 28.1. The van der Waals surface area contributed by atoms with Crippen molar-refractivity contribution >= 4 is 0 Å². The number of rotatable bonds is 1. The van der Waals surface area contributed by atoms with Crippen LogP contribution in [0.2, 0.25) is 0 Å². The zero-order valence-electron chi connectivity index (χ0n) is 9.53. The van der Waals surface area contributed by atoms with Gasteiger partial charge in [-0.15, -0.1) is 0 Å². The summed E-state index contributed by atoms with van der Waals surface area (Å²) in [6.07, 6.45) is 1.21. The molecule has 2 unspecified atom stereocenters. The minimum Gasteiger partial charge on any atom is -0.486 e. The Labute approximate surface area is 95.8 Å². The summed E-state index contributed by atoms with van der Waals surface area (Å²) in [4.78, 5) is 0. The number of hydrogen-bond donors (Lipinski definition) is 1. The van der Waals surface area contributed by atoms with Crippen LogP contribution in [0.5, 0.6) is 11.5 Å². The maximum absolute atomic E-state index is 5.61. The number of ether oxygens (including phenoxy) is 2. The van der Waals surface area contributed by atoms with Crippen molar-refractivity contribution in [3.05, 3.63) is 23.8 Å². The summed E-state index contributed by atoms with van der Waals surface area (Å²) in [6, 6.07) is 6.90. The highest BCUT2D eigenvalue weighted by Crippen LogP contribution is 2.36. The van der Waals surface area contributed by atoms with Gasteiger partial charge in [-0.3, -0.25) is 0 Å². The fraction of sp³-hybridized carbons (Fsp3) is 0.538. The van der Waals surface area contributed by atoms with Gasteiger partial charge < -0.3 is 14.8 Å². The van der Waals surface area contributed by atoms with Gasteiger partial charge in [0.1, 0.15) is 13.2 Å². The molecule has 86 valence electrons. The van der Waals surface area contributed by atoms with Crippen LogP contribution in [0.3, 0.4) is 0 Å². The van der Waals surface area contributed by atoms with E-state index >= 15 is 0 Å². The molecule has 2 heterocycles. The van der Waals surface area contributed by atoms with Crippen molar-refractivity contribution in [2.45, 2.75) is 25.3 Å². The van der Waals surface area contributed by atoms with E-state index in [2.05, 4.69) is 24.4 Å². The molecule has 2 atom stereocenters. The van der Waals surface area contributed by atoms with E-state index in [1.54, 1.807) is 0 Å². The zero-order valence-corrected chi connectivity index (χ0v) is 9.53. The standard InChI is InChI=1S/C13H17NO2/c1-9-11(4-5-14-9)10-2-3-12-13(8-10)16-7-6-15-12/h2-3,8-9,11,14H,4-7H2,1H3. The summed E-state index contributed by atoms with van der Waals surface area (Å²) in [5.74, 6) is 2.40. The minimum absolute atomic E-state index is 0.558. The third-order valence-electron chi connectivity index (χ3n) is 3.52. The van der Waals surface area contributed by atoms with Crippen LogP contribution in [0.4, 0.5) is 0 Å². The molecule has 2 aliphatic heterocycles. The molecule has 3 nitrogen and oxygen atoms in total. The second-order valence-electron chi connectivity index (χ2n) is 4.54. The molecule has 0 saturated carbocycles. The van der Waals surface area contributed by atoms with Crippen molar-refractivity contribution in [3.8, 4) is 11.5 Å². The molecule has 0 radical (unpaired) electrons. The largest absolute Gasteiger partial charge is 0.486 e. The first-order chi connectivity index (χ1) is 7.84. The van der Waals surface area contributed by atoms with Crippen molar-refractivity contribution in [2.24, 2.45) is 0 Å². The van der Waals surface area contributed by atoms with Crippen molar-refractivity contribution in [3.63, 3.8) is 0 Å². The van der Waals surface area contributed by atoms with Crippen LogP contribution in [0.1, 0.15) is 24.8 Å². The van der Waals surface area contributed by atoms with E-state index in [0.717, 1.165) is 18.0 Å². The van der Waals surface area contributed by atoms with Crippen molar-refractivity contribution < 1.29 is 9.47 Å². The maximum atomic E-state index is 5.61. The van der Waals surface area contributed by atoms with Crippen molar-refractivity contribution in [1.29, 1.82) is 0 Å². The Kier molecular flexibility index (Phi) is 2.48. The first kappa shape index (κ1) is 9.97. The molecule has 16 heavy (non-hydrogen) atoms. The molecule has 3 heteroatoms. The quantitative estimate of drug-likeness (QED) is 0.782. The first-order valence-electron chi connectivity index (χ1n) is 5.97. The first-order valence-corrected chi connectivity index (χ1v) is 5.97. The SMILES string of the molecule is CC1NCCC1c1ccc2c(c1)OCCO2. The van der Waals surface area contributed by atoms with Gasteiger partial charge in [-0.05, 0) is 37.6 Å². The van der Waals surface area contributed by atoms with Crippen LogP contribution >= 0.6 is 0 Å². The number of nitrogens with one attached hydrogen (secondary N) is 1. The second-order valence-corrected chi connectivity index (χ2v) is 4.54. The minimum atomic E-state index is 0.558. The third kappa shape index (κ3) is 1.65. The summed E-state index contributed by atoms with van der Waals surface area (Å²) in [5, 5.41) is 3.48. The van der Waals surface area contributed by atoms with Crippen LogP contribution in [-0.4, -0.2) is 25.8 Å². The summed E-state index contributed by atoms with van der Waals surface area (Å²) in [6.45, 7) is 4.68. The highest BCUT2D eigenvalue weighted by Gasteiger charge is 2.25. The highest BCUT2D eigenvalue weighted by atomic mass is 16.6. The second kappa shape index (κ2) is 3.98. The fourth-order valence-corrected chi connectivity index (χ4v) is 2.60. The molecule has 1 N–H and O–H groups in total. The molecular weight excluding hydrogens is 202 g/mol. The van der Waals surface area contributed by atoms with E-state index < -0.39 is 0 Å². The molecule has 2 aliphatic rings. The van der Waals surface area contributed by atoms with Crippen LogP contribution in [0, 0.1) is 0 Å². The summed E-state index contributed by atoms with van der Waals surface area (Å²) >= 11 is 0. The fourth-order valence-electron chi connectivity index (χ4n) is 2.60. The molecule has 0 aliphatic carbocycles. The molecule has 0 aromatic heterocycles. The molecule has 0 amide bonds. The topological polar surface area (TPSA) is 30.5 Å². The Bertz CT molecular complexity index is 392. The lowest BCUT2D eigenvalue weighted by atomic mass is 9.92. The van der Waals surface area contributed by atoms with E-state index in [-0.39, 0.29) is 0 Å². The zero-order chi connectivity index (χ0) is 11.0. The third-order valence-corrected chi connectivity index (χ3v) is 3.52. The Morgan fingerprint density at radius 1 is 1.19 bits per heavy atom. The molecule has 1 aromatic rings. The predicted octanol–water partition coefficient (Wildman–Crippen LogP) is 1.92. The lowest BCUT2D eigenvalue weighted by molar-refractivity contribution is 0.171. The van der Waals surface area contributed by atoms with Crippen LogP contribution in [0.25, 0.3) is 0 Å². The predicted molar refractivity (Wildman–Crippen MR) is 62.3 cm³/mol. The molecular formula is C13H17NO2. The van der Waals surface area contributed by atoms with Gasteiger partial charge >= 0.3 is 0 Å². The highest BCUT2D eigenvalue weighted by molar-refractivity contribution is 5.45. The van der Waals surface area contributed by atoms with Gasteiger partial charge in [0.05, 0.1) is 0 Å². The molecule has 0 bridgehead atoms. The van der Waals surface area contributed by atoms with Gasteiger partial charge in [-0.1, -0.05) is 6.07 Å². The monoisotopic (exact) mass is 219 g/mol. The van der Waals surface area contributed by atoms with Gasteiger partial charge in [-0.2, -0.15) is 0 Å². The van der Waals surface area contributed by atoms with Gasteiger partial charge in [0.15, 0.2) is 11.5 Å².